The molecule has 0 N–H and O–H groups in total. The van der Waals surface area contributed by atoms with Gasteiger partial charge in [0.25, 0.3) is 0 Å². The molecular formula is C6H4Br2O. The minimum Gasteiger partial charge on any atom is -0.330 e. The summed E-state index contributed by atoms with van der Waals surface area (Å²) in [5.74, 6) is 0. The standard InChI is InChI=1S/C6H4Br2O/c7-5-3-1-2-4-6(5,8)9-5/h1-4H. The second-order valence-corrected chi connectivity index (χ2v) is 4.47. The summed E-state index contributed by atoms with van der Waals surface area (Å²) in [5, 5.41) is 0. The molecular weight excluding hydrogens is 248 g/mol. The van der Waals surface area contributed by atoms with Crippen molar-refractivity contribution < 1.29 is 4.74 Å². The Morgan fingerprint density at radius 3 is 1.78 bits per heavy atom. The Morgan fingerprint density at radius 2 is 1.44 bits per heavy atom. The lowest BCUT2D eigenvalue weighted by Crippen LogP contribution is -2.09. The van der Waals surface area contributed by atoms with Crippen molar-refractivity contribution in [2.75, 3.05) is 0 Å². The summed E-state index contributed by atoms with van der Waals surface area (Å²) in [7, 11) is 0. The summed E-state index contributed by atoms with van der Waals surface area (Å²) >= 11 is 6.83. The lowest BCUT2D eigenvalue weighted by molar-refractivity contribution is 0.393. The number of halogens is 2. The van der Waals surface area contributed by atoms with Crippen LogP contribution in [-0.2, 0) is 4.74 Å². The van der Waals surface area contributed by atoms with Crippen LogP contribution in [0.5, 0.6) is 0 Å². The Bertz CT molecular complexity index is 189. The molecule has 3 heteroatoms. The van der Waals surface area contributed by atoms with Crippen molar-refractivity contribution in [1.29, 1.82) is 0 Å². The van der Waals surface area contributed by atoms with Gasteiger partial charge in [0.1, 0.15) is 0 Å². The molecule has 1 fully saturated rings. The first-order valence-corrected chi connectivity index (χ1v) is 4.20. The average Bonchev–Trinajstić information content (AvgIpc) is 2.33. The molecule has 2 unspecified atom stereocenters. The third-order valence-electron chi connectivity index (χ3n) is 1.45. The number of hydrogen-bond acceptors (Lipinski definition) is 1. The first kappa shape index (κ1) is 6.13. The SMILES string of the molecule is BrC12C=CC=CC1(Br)O2. The predicted molar refractivity (Wildman–Crippen MR) is 42.7 cm³/mol. The second-order valence-electron chi connectivity index (χ2n) is 2.11. The molecule has 0 saturated carbocycles. The maximum atomic E-state index is 5.31. The van der Waals surface area contributed by atoms with Gasteiger partial charge in [-0.3, -0.25) is 0 Å². The summed E-state index contributed by atoms with van der Waals surface area (Å²) in [6, 6.07) is 0. The highest BCUT2D eigenvalue weighted by molar-refractivity contribution is 9.13. The molecule has 0 bridgehead atoms. The molecule has 0 radical (unpaired) electrons. The maximum Gasteiger partial charge on any atom is 0.186 e. The summed E-state index contributed by atoms with van der Waals surface area (Å²) in [5.41, 5.74) is 0. The van der Waals surface area contributed by atoms with E-state index in [1.165, 1.54) is 0 Å². The summed E-state index contributed by atoms with van der Waals surface area (Å²) < 4.78 is 4.80. The van der Waals surface area contributed by atoms with E-state index in [0.29, 0.717) is 0 Å². The third-order valence-corrected chi connectivity index (χ3v) is 4.02. The molecule has 0 spiro atoms. The van der Waals surface area contributed by atoms with Crippen LogP contribution in [0.15, 0.2) is 24.3 Å². The van der Waals surface area contributed by atoms with Crippen molar-refractivity contribution in [3.8, 4) is 0 Å². The predicted octanol–water partition coefficient (Wildman–Crippen LogP) is 2.33. The fourth-order valence-electron chi connectivity index (χ4n) is 0.845. The topological polar surface area (TPSA) is 12.5 Å². The van der Waals surface area contributed by atoms with Gasteiger partial charge in [-0.05, 0) is 44.0 Å². The number of allylic oxidation sites excluding steroid dienone is 2. The molecule has 48 valence electrons. The van der Waals surface area contributed by atoms with Gasteiger partial charge in [-0.15, -0.1) is 0 Å². The number of alkyl halides is 2. The molecule has 1 saturated heterocycles. The average molecular weight is 252 g/mol. The number of ether oxygens (including phenoxy) is 1. The van der Waals surface area contributed by atoms with Crippen molar-refractivity contribution in [3.63, 3.8) is 0 Å². The molecule has 2 rings (SSSR count). The molecule has 1 aliphatic heterocycles. The van der Waals surface area contributed by atoms with Crippen LogP contribution in [0, 0.1) is 0 Å². The Kier molecular flexibility index (Phi) is 1.04. The number of fused-ring (bicyclic) bond motifs is 1. The molecule has 0 aromatic rings. The van der Waals surface area contributed by atoms with Crippen LogP contribution in [0.1, 0.15) is 0 Å². The van der Waals surface area contributed by atoms with Gasteiger partial charge in [0.2, 0.25) is 0 Å². The third kappa shape index (κ3) is 0.686. The molecule has 0 amide bonds. The van der Waals surface area contributed by atoms with E-state index >= 15 is 0 Å². The fourth-order valence-corrected chi connectivity index (χ4v) is 2.14. The van der Waals surface area contributed by atoms with Crippen molar-refractivity contribution in [3.05, 3.63) is 24.3 Å². The van der Waals surface area contributed by atoms with Crippen LogP contribution in [-0.4, -0.2) is 9.02 Å². The van der Waals surface area contributed by atoms with Crippen LogP contribution in [0.25, 0.3) is 0 Å². The minimum absolute atomic E-state index is 0.255. The van der Waals surface area contributed by atoms with Crippen LogP contribution in [0.2, 0.25) is 0 Å². The molecule has 0 aromatic heterocycles. The van der Waals surface area contributed by atoms with Crippen molar-refractivity contribution in [1.82, 2.24) is 0 Å². The van der Waals surface area contributed by atoms with E-state index in [0.717, 1.165) is 0 Å². The van der Waals surface area contributed by atoms with Gasteiger partial charge in [0.05, 0.1) is 0 Å². The van der Waals surface area contributed by atoms with Gasteiger partial charge in [-0.1, -0.05) is 12.2 Å². The number of hydrogen-bond donors (Lipinski definition) is 0. The Balaban J connectivity index is 2.40. The summed E-state index contributed by atoms with van der Waals surface area (Å²) in [6.45, 7) is 0. The highest BCUT2D eigenvalue weighted by atomic mass is 79.9. The molecule has 1 aliphatic carbocycles. The number of rotatable bonds is 0. The smallest absolute Gasteiger partial charge is 0.186 e. The Labute approximate surface area is 70.0 Å². The molecule has 1 nitrogen and oxygen atoms in total. The van der Waals surface area contributed by atoms with Crippen molar-refractivity contribution >= 4 is 31.9 Å². The van der Waals surface area contributed by atoms with E-state index in [9.17, 15) is 0 Å². The van der Waals surface area contributed by atoms with Gasteiger partial charge in [-0.2, -0.15) is 0 Å². The van der Waals surface area contributed by atoms with E-state index in [-0.39, 0.29) is 9.02 Å². The van der Waals surface area contributed by atoms with Crippen LogP contribution in [0.3, 0.4) is 0 Å². The van der Waals surface area contributed by atoms with E-state index in [4.69, 9.17) is 4.74 Å². The first-order valence-electron chi connectivity index (χ1n) is 2.61. The van der Waals surface area contributed by atoms with Crippen LogP contribution < -0.4 is 0 Å². The lowest BCUT2D eigenvalue weighted by atomic mass is 10.2. The van der Waals surface area contributed by atoms with E-state index in [2.05, 4.69) is 31.9 Å². The van der Waals surface area contributed by atoms with Gasteiger partial charge in [0.15, 0.2) is 9.02 Å². The first-order chi connectivity index (χ1) is 4.16. The lowest BCUT2D eigenvalue weighted by Gasteiger charge is -2.01. The van der Waals surface area contributed by atoms with Gasteiger partial charge in [-0.25, -0.2) is 0 Å². The number of epoxide rings is 1. The fraction of sp³-hybridized carbons (Fsp3) is 0.333. The summed E-state index contributed by atoms with van der Waals surface area (Å²) in [4.78, 5) is 0. The molecule has 0 aromatic carbocycles. The Morgan fingerprint density at radius 1 is 1.00 bits per heavy atom. The van der Waals surface area contributed by atoms with E-state index < -0.39 is 0 Å². The zero-order valence-corrected chi connectivity index (χ0v) is 7.65. The normalized spacial score (nSPS) is 53.1. The summed E-state index contributed by atoms with van der Waals surface area (Å²) in [6.07, 6.45) is 7.87. The molecule has 2 atom stereocenters. The molecule has 2 aliphatic rings. The Hall–Kier alpha value is 0.400. The highest BCUT2D eigenvalue weighted by Crippen LogP contribution is 2.60. The minimum atomic E-state index is -0.255. The highest BCUT2D eigenvalue weighted by Gasteiger charge is 2.65. The maximum absolute atomic E-state index is 5.31. The molecule has 1 heterocycles. The zero-order chi connectivity index (χ0) is 6.54. The monoisotopic (exact) mass is 250 g/mol. The molecule has 9 heavy (non-hydrogen) atoms. The van der Waals surface area contributed by atoms with Crippen molar-refractivity contribution in [2.24, 2.45) is 0 Å². The zero-order valence-electron chi connectivity index (χ0n) is 4.47. The van der Waals surface area contributed by atoms with Gasteiger partial charge in [0, 0.05) is 0 Å². The van der Waals surface area contributed by atoms with Gasteiger partial charge < -0.3 is 4.74 Å². The van der Waals surface area contributed by atoms with Crippen LogP contribution >= 0.6 is 31.9 Å². The quantitative estimate of drug-likeness (QED) is 0.476. The largest absolute Gasteiger partial charge is 0.330 e. The van der Waals surface area contributed by atoms with Gasteiger partial charge >= 0.3 is 0 Å². The van der Waals surface area contributed by atoms with Crippen molar-refractivity contribution in [2.45, 2.75) is 9.02 Å². The second kappa shape index (κ2) is 1.52. The van der Waals surface area contributed by atoms with E-state index in [1.54, 1.807) is 0 Å². The van der Waals surface area contributed by atoms with Crippen LogP contribution in [0.4, 0.5) is 0 Å². The van der Waals surface area contributed by atoms with E-state index in [1.807, 2.05) is 24.3 Å².